The van der Waals surface area contributed by atoms with Crippen LogP contribution in [-0.2, 0) is 4.79 Å². The summed E-state index contributed by atoms with van der Waals surface area (Å²) in [5, 5.41) is 6.73. The van der Waals surface area contributed by atoms with Crippen LogP contribution in [0.3, 0.4) is 0 Å². The van der Waals surface area contributed by atoms with Gasteiger partial charge in [0.1, 0.15) is 5.54 Å². The normalized spacial score (nSPS) is 19.2. The minimum atomic E-state index is -0.724. The molecule has 23 heavy (non-hydrogen) atoms. The van der Waals surface area contributed by atoms with Gasteiger partial charge < -0.3 is 5.32 Å². The molecule has 0 spiro atoms. The first-order chi connectivity index (χ1) is 11.1. The lowest BCUT2D eigenvalue weighted by Crippen LogP contribution is -2.47. The molecule has 0 saturated heterocycles. The second-order valence-electron chi connectivity index (χ2n) is 5.69. The van der Waals surface area contributed by atoms with E-state index in [1.165, 1.54) is 0 Å². The van der Waals surface area contributed by atoms with E-state index in [4.69, 9.17) is 0 Å². The van der Waals surface area contributed by atoms with Gasteiger partial charge in [0.15, 0.2) is 5.78 Å². The number of hydrogen-bond donors (Lipinski definition) is 2. The van der Waals surface area contributed by atoms with Crippen LogP contribution in [0.4, 0.5) is 5.69 Å². The number of rotatable bonds is 4. The van der Waals surface area contributed by atoms with E-state index in [1.54, 1.807) is 49.5 Å². The Morgan fingerprint density at radius 3 is 2.30 bits per heavy atom. The molecule has 116 valence electrons. The van der Waals surface area contributed by atoms with Crippen molar-refractivity contribution in [3.8, 4) is 0 Å². The van der Waals surface area contributed by atoms with E-state index in [9.17, 15) is 9.59 Å². The SMILES string of the molecule is CC1(C(=O)Nc2ccc(C(=O)c3ccccc3)cc2)CC=NN1. The predicted molar refractivity (Wildman–Crippen MR) is 89.6 cm³/mol. The van der Waals surface area contributed by atoms with Crippen LogP contribution < -0.4 is 10.7 Å². The highest BCUT2D eigenvalue weighted by molar-refractivity contribution is 6.09. The van der Waals surface area contributed by atoms with E-state index in [2.05, 4.69) is 15.8 Å². The third-order valence-corrected chi connectivity index (χ3v) is 3.84. The molecule has 1 aliphatic heterocycles. The van der Waals surface area contributed by atoms with Crippen molar-refractivity contribution in [3.63, 3.8) is 0 Å². The van der Waals surface area contributed by atoms with E-state index < -0.39 is 5.54 Å². The molecule has 0 aliphatic carbocycles. The molecule has 1 heterocycles. The third-order valence-electron chi connectivity index (χ3n) is 3.84. The van der Waals surface area contributed by atoms with Gasteiger partial charge in [-0.25, -0.2) is 0 Å². The Kier molecular flexibility index (Phi) is 3.93. The van der Waals surface area contributed by atoms with Gasteiger partial charge in [0.25, 0.3) is 5.91 Å². The number of hydrogen-bond acceptors (Lipinski definition) is 4. The van der Waals surface area contributed by atoms with Crippen molar-refractivity contribution < 1.29 is 9.59 Å². The number of hydrazone groups is 1. The number of nitrogens with one attached hydrogen (secondary N) is 2. The Balaban J connectivity index is 1.70. The molecule has 2 aromatic carbocycles. The fourth-order valence-corrected chi connectivity index (χ4v) is 2.34. The lowest BCUT2D eigenvalue weighted by atomic mass is 9.99. The monoisotopic (exact) mass is 307 g/mol. The Morgan fingerprint density at radius 2 is 1.70 bits per heavy atom. The minimum Gasteiger partial charge on any atom is -0.324 e. The fourth-order valence-electron chi connectivity index (χ4n) is 2.34. The summed E-state index contributed by atoms with van der Waals surface area (Å²) in [7, 11) is 0. The summed E-state index contributed by atoms with van der Waals surface area (Å²) in [5.41, 5.74) is 3.96. The van der Waals surface area contributed by atoms with Crippen molar-refractivity contribution in [1.82, 2.24) is 5.43 Å². The molecule has 5 heteroatoms. The molecule has 1 unspecified atom stereocenters. The molecule has 0 aromatic heterocycles. The molecule has 0 saturated carbocycles. The number of carbonyl (C=O) groups excluding carboxylic acids is 2. The maximum absolute atomic E-state index is 12.3. The molecule has 5 nitrogen and oxygen atoms in total. The fraction of sp³-hybridized carbons (Fsp3) is 0.167. The second kappa shape index (κ2) is 6.04. The summed E-state index contributed by atoms with van der Waals surface area (Å²) in [4.78, 5) is 24.6. The van der Waals surface area contributed by atoms with E-state index in [1.807, 2.05) is 18.2 Å². The lowest BCUT2D eigenvalue weighted by molar-refractivity contribution is -0.121. The maximum atomic E-state index is 12.3. The zero-order valence-corrected chi connectivity index (χ0v) is 12.7. The molecule has 1 aliphatic rings. The van der Waals surface area contributed by atoms with Gasteiger partial charge in [0.2, 0.25) is 0 Å². The van der Waals surface area contributed by atoms with Gasteiger partial charge in [-0.3, -0.25) is 15.0 Å². The summed E-state index contributed by atoms with van der Waals surface area (Å²) in [5.74, 6) is -0.196. The zero-order chi connectivity index (χ0) is 16.3. The zero-order valence-electron chi connectivity index (χ0n) is 12.7. The van der Waals surface area contributed by atoms with Crippen LogP contribution in [0.5, 0.6) is 0 Å². The molecule has 1 amide bonds. The molecule has 2 aromatic rings. The smallest absolute Gasteiger partial charge is 0.251 e. The van der Waals surface area contributed by atoms with Gasteiger partial charge in [-0.1, -0.05) is 30.3 Å². The van der Waals surface area contributed by atoms with Gasteiger partial charge in [-0.15, -0.1) is 0 Å². The van der Waals surface area contributed by atoms with Crippen LogP contribution in [0.2, 0.25) is 0 Å². The lowest BCUT2D eigenvalue weighted by Gasteiger charge is -2.22. The van der Waals surface area contributed by atoms with E-state index in [0.717, 1.165) is 0 Å². The van der Waals surface area contributed by atoms with Crippen molar-refractivity contribution in [1.29, 1.82) is 0 Å². The van der Waals surface area contributed by atoms with Gasteiger partial charge in [0.05, 0.1) is 0 Å². The summed E-state index contributed by atoms with van der Waals surface area (Å²) in [6.45, 7) is 1.79. The molecule has 0 radical (unpaired) electrons. The maximum Gasteiger partial charge on any atom is 0.251 e. The summed E-state index contributed by atoms with van der Waals surface area (Å²) in [6, 6.07) is 16.0. The molecule has 1 atom stereocenters. The average Bonchev–Trinajstić information content (AvgIpc) is 3.04. The number of benzene rings is 2. The van der Waals surface area contributed by atoms with Crippen molar-refractivity contribution in [2.75, 3.05) is 5.32 Å². The number of anilines is 1. The number of ketones is 1. The van der Waals surface area contributed by atoms with E-state index in [0.29, 0.717) is 23.2 Å². The Labute approximate surface area is 134 Å². The Morgan fingerprint density at radius 1 is 1.04 bits per heavy atom. The first-order valence-electron chi connectivity index (χ1n) is 7.38. The van der Waals surface area contributed by atoms with Crippen LogP contribution in [-0.4, -0.2) is 23.4 Å². The number of nitrogens with zero attached hydrogens (tertiary/aromatic N) is 1. The predicted octanol–water partition coefficient (Wildman–Crippen LogP) is 2.59. The Bertz CT molecular complexity index is 744. The van der Waals surface area contributed by atoms with Crippen LogP contribution >= 0.6 is 0 Å². The van der Waals surface area contributed by atoms with Gasteiger partial charge >= 0.3 is 0 Å². The third kappa shape index (κ3) is 3.13. The number of carbonyl (C=O) groups is 2. The van der Waals surface area contributed by atoms with Gasteiger partial charge in [-0.05, 0) is 31.2 Å². The first-order valence-corrected chi connectivity index (χ1v) is 7.38. The largest absolute Gasteiger partial charge is 0.324 e. The molecule has 0 bridgehead atoms. The molecular weight excluding hydrogens is 290 g/mol. The Hall–Kier alpha value is -2.95. The van der Waals surface area contributed by atoms with E-state index in [-0.39, 0.29) is 11.7 Å². The van der Waals surface area contributed by atoms with Crippen LogP contribution in [0.1, 0.15) is 29.3 Å². The highest BCUT2D eigenvalue weighted by atomic mass is 16.2. The topological polar surface area (TPSA) is 70.6 Å². The van der Waals surface area contributed by atoms with Crippen LogP contribution in [0.15, 0.2) is 59.7 Å². The summed E-state index contributed by atoms with van der Waals surface area (Å²) >= 11 is 0. The van der Waals surface area contributed by atoms with Gasteiger partial charge in [0, 0.05) is 29.4 Å². The van der Waals surface area contributed by atoms with Crippen LogP contribution in [0.25, 0.3) is 0 Å². The molecule has 2 N–H and O–H groups in total. The highest BCUT2D eigenvalue weighted by Gasteiger charge is 2.34. The van der Waals surface area contributed by atoms with E-state index >= 15 is 0 Å². The van der Waals surface area contributed by atoms with Crippen LogP contribution in [0, 0.1) is 0 Å². The standard InChI is InChI=1S/C18H17N3O2/c1-18(11-12-19-21-18)17(23)20-15-9-7-14(8-10-15)16(22)13-5-3-2-4-6-13/h2-10,12,21H,11H2,1H3,(H,20,23). The van der Waals surface area contributed by atoms with Crippen molar-refractivity contribution in [2.24, 2.45) is 5.10 Å². The molecule has 0 fully saturated rings. The second-order valence-corrected chi connectivity index (χ2v) is 5.69. The quantitative estimate of drug-likeness (QED) is 0.853. The first kappa shape index (κ1) is 15.0. The summed E-state index contributed by atoms with van der Waals surface area (Å²) in [6.07, 6.45) is 2.23. The van der Waals surface area contributed by atoms with Crippen molar-refractivity contribution in [3.05, 3.63) is 65.7 Å². The highest BCUT2D eigenvalue weighted by Crippen LogP contribution is 2.18. The molecular formula is C18H17N3O2. The number of amides is 1. The summed E-state index contributed by atoms with van der Waals surface area (Å²) < 4.78 is 0. The average molecular weight is 307 g/mol. The minimum absolute atomic E-state index is 0.0405. The van der Waals surface area contributed by atoms with Crippen molar-refractivity contribution in [2.45, 2.75) is 18.9 Å². The van der Waals surface area contributed by atoms with Gasteiger partial charge in [-0.2, -0.15) is 5.10 Å². The molecule has 3 rings (SSSR count). The van der Waals surface area contributed by atoms with Crippen molar-refractivity contribution >= 4 is 23.6 Å².